The number of hydrogen-bond acceptors (Lipinski definition) is 4. The van der Waals surface area contributed by atoms with Gasteiger partial charge in [-0.1, -0.05) is 146 Å². The van der Waals surface area contributed by atoms with Gasteiger partial charge in [0.05, 0.1) is 38.8 Å². The number of benzene rings is 13. The molecule has 80 heavy (non-hydrogen) atoms. The predicted octanol–water partition coefficient (Wildman–Crippen LogP) is 20.9. The number of furan rings is 2. The van der Waals surface area contributed by atoms with Crippen molar-refractivity contribution in [2.45, 2.75) is 0 Å². The Labute approximate surface area is 459 Å². The Balaban J connectivity index is 0.804. The van der Waals surface area contributed by atoms with E-state index >= 15 is 0 Å². The minimum Gasteiger partial charge on any atom is -0.456 e. The highest BCUT2D eigenvalue weighted by Crippen LogP contribution is 2.48. The van der Waals surface area contributed by atoms with Gasteiger partial charge in [-0.2, -0.15) is 0 Å². The van der Waals surface area contributed by atoms with Crippen LogP contribution in [0.3, 0.4) is 0 Å². The van der Waals surface area contributed by atoms with Gasteiger partial charge >= 0.3 is 0 Å². The molecule has 13 aromatic carbocycles. The quantitative estimate of drug-likeness (QED) is 0.152. The van der Waals surface area contributed by atoms with E-state index in [1.54, 1.807) is 0 Å². The van der Waals surface area contributed by atoms with Crippen molar-refractivity contribution in [2.24, 2.45) is 0 Å². The average Bonchev–Trinajstić information content (AvgIpc) is 4.28. The third-order valence-electron chi connectivity index (χ3n) is 16.4. The zero-order valence-electron chi connectivity index (χ0n) is 43.2. The van der Waals surface area contributed by atoms with Crippen LogP contribution in [0, 0.1) is 0 Å². The van der Waals surface area contributed by atoms with Crippen molar-refractivity contribution >= 4 is 143 Å². The van der Waals surface area contributed by atoms with Gasteiger partial charge in [-0.25, -0.2) is 0 Å². The van der Waals surface area contributed by atoms with Gasteiger partial charge in [0.15, 0.2) is 0 Å². The standard InChI is InChI=1S/C74H46N4O2/c1-5-19-51(20-6-1)75(66-33-17-29-59-57-27-13-15-31-64(57)77(72(59)66)53-23-9-3-10-24-53)55-37-35-47-43-62-61-39-40-68-71(74(61)80-69(62)45-49(47)41-55)63-44-48-36-38-56(42-50(48)46-70(63)79-68)76(52-21-7-2-8-22-52)67-34-18-30-60-58-28-14-16-32-65(58)78(73(60)67)54-25-11-4-12-26-54/h1-46H. The first-order valence-corrected chi connectivity index (χ1v) is 27.2. The molecule has 0 spiro atoms. The van der Waals surface area contributed by atoms with E-state index in [2.05, 4.69) is 298 Å². The Morgan fingerprint density at radius 2 is 0.713 bits per heavy atom. The third kappa shape index (κ3) is 6.66. The summed E-state index contributed by atoms with van der Waals surface area (Å²) in [4.78, 5) is 4.78. The van der Waals surface area contributed by atoms with Gasteiger partial charge in [-0.3, -0.25) is 0 Å². The van der Waals surface area contributed by atoms with Gasteiger partial charge in [-0.05, 0) is 155 Å². The smallest absolute Gasteiger partial charge is 0.147 e. The summed E-state index contributed by atoms with van der Waals surface area (Å²) in [5.41, 5.74) is 16.5. The number of para-hydroxylation sites is 8. The Hall–Kier alpha value is -10.8. The first kappa shape index (κ1) is 44.3. The second-order valence-corrected chi connectivity index (χ2v) is 20.8. The number of fused-ring (bicyclic) bond motifs is 15. The molecule has 0 atom stereocenters. The Morgan fingerprint density at radius 1 is 0.263 bits per heavy atom. The van der Waals surface area contributed by atoms with Crippen LogP contribution >= 0.6 is 0 Å². The van der Waals surface area contributed by atoms with Crippen LogP contribution < -0.4 is 9.80 Å². The largest absolute Gasteiger partial charge is 0.456 e. The molecule has 374 valence electrons. The minimum absolute atomic E-state index is 0.792. The van der Waals surface area contributed by atoms with Crippen molar-refractivity contribution in [3.05, 3.63) is 279 Å². The molecule has 0 aliphatic rings. The van der Waals surface area contributed by atoms with Crippen LogP contribution in [0.1, 0.15) is 0 Å². The van der Waals surface area contributed by atoms with Crippen molar-refractivity contribution in [1.29, 1.82) is 0 Å². The fourth-order valence-electron chi connectivity index (χ4n) is 12.9. The SMILES string of the molecule is c1ccc(N(c2ccc3cc4c(cc3c2)oc2c4ccc3oc4cc5cc(N(c6ccccc6)c6cccc7c8ccccc8n(-c8ccccc8)c67)ccc5cc4c32)c2cccc3c4ccccc4n(-c4ccccc4)c23)cc1. The zero-order chi connectivity index (χ0) is 52.4. The number of rotatable bonds is 8. The summed E-state index contributed by atoms with van der Waals surface area (Å²) >= 11 is 0. The summed E-state index contributed by atoms with van der Waals surface area (Å²) < 4.78 is 18.6. The molecule has 0 aliphatic heterocycles. The van der Waals surface area contributed by atoms with E-state index in [4.69, 9.17) is 8.83 Å². The summed E-state index contributed by atoms with van der Waals surface area (Å²) in [5, 5.41) is 13.4. The molecule has 0 N–H and O–H groups in total. The molecule has 17 rings (SSSR count). The Morgan fingerprint density at radius 3 is 1.24 bits per heavy atom. The van der Waals surface area contributed by atoms with Crippen LogP contribution in [0.5, 0.6) is 0 Å². The van der Waals surface area contributed by atoms with E-state index in [1.807, 2.05) is 0 Å². The molecule has 0 fully saturated rings. The minimum atomic E-state index is 0.792. The lowest BCUT2D eigenvalue weighted by Gasteiger charge is -2.27. The molecular formula is C74H46N4O2. The molecule has 0 saturated carbocycles. The topological polar surface area (TPSA) is 42.6 Å². The second-order valence-electron chi connectivity index (χ2n) is 20.8. The van der Waals surface area contributed by atoms with E-state index in [1.165, 1.54) is 32.6 Å². The number of hydrogen-bond donors (Lipinski definition) is 0. The molecule has 4 aromatic heterocycles. The molecular weight excluding hydrogens is 977 g/mol. The number of aromatic nitrogens is 2. The normalized spacial score (nSPS) is 12.0. The summed E-state index contributed by atoms with van der Waals surface area (Å²) in [6, 6.07) is 100. The van der Waals surface area contributed by atoms with Gasteiger partial charge in [-0.15, -0.1) is 0 Å². The predicted molar refractivity (Wildman–Crippen MR) is 334 cm³/mol. The Kier molecular flexibility index (Phi) is 9.61. The lowest BCUT2D eigenvalue weighted by Crippen LogP contribution is -2.11. The van der Waals surface area contributed by atoms with Crippen LogP contribution in [0.2, 0.25) is 0 Å². The van der Waals surface area contributed by atoms with E-state index < -0.39 is 0 Å². The van der Waals surface area contributed by atoms with Gasteiger partial charge in [0.1, 0.15) is 22.3 Å². The maximum absolute atomic E-state index is 7.04. The summed E-state index contributed by atoms with van der Waals surface area (Å²) in [5.74, 6) is 0. The molecule has 0 radical (unpaired) electrons. The maximum Gasteiger partial charge on any atom is 0.147 e. The lowest BCUT2D eigenvalue weighted by molar-refractivity contribution is 0.663. The van der Waals surface area contributed by atoms with Gasteiger partial charge in [0.2, 0.25) is 0 Å². The fourth-order valence-corrected chi connectivity index (χ4v) is 12.9. The fraction of sp³-hybridized carbons (Fsp3) is 0. The molecule has 6 nitrogen and oxygen atoms in total. The van der Waals surface area contributed by atoms with E-state index in [-0.39, 0.29) is 0 Å². The average molecular weight is 1020 g/mol. The van der Waals surface area contributed by atoms with E-state index in [0.717, 1.165) is 122 Å². The van der Waals surface area contributed by atoms with Crippen LogP contribution in [0.15, 0.2) is 288 Å². The van der Waals surface area contributed by atoms with Crippen LogP contribution in [0.4, 0.5) is 34.1 Å². The lowest BCUT2D eigenvalue weighted by atomic mass is 10.0. The molecule has 0 unspecified atom stereocenters. The highest BCUT2D eigenvalue weighted by atomic mass is 16.3. The van der Waals surface area contributed by atoms with Crippen molar-refractivity contribution in [2.75, 3.05) is 9.80 Å². The van der Waals surface area contributed by atoms with Crippen LogP contribution in [0.25, 0.3) is 120 Å². The molecule has 4 heterocycles. The summed E-state index contributed by atoms with van der Waals surface area (Å²) in [6.07, 6.45) is 0. The summed E-state index contributed by atoms with van der Waals surface area (Å²) in [6.45, 7) is 0. The van der Waals surface area contributed by atoms with Crippen molar-refractivity contribution < 1.29 is 8.83 Å². The van der Waals surface area contributed by atoms with Gasteiger partial charge in [0.25, 0.3) is 0 Å². The monoisotopic (exact) mass is 1020 g/mol. The van der Waals surface area contributed by atoms with E-state index in [0.29, 0.717) is 0 Å². The van der Waals surface area contributed by atoms with Crippen LogP contribution in [-0.4, -0.2) is 9.13 Å². The number of nitrogens with zero attached hydrogens (tertiary/aromatic N) is 4. The van der Waals surface area contributed by atoms with Crippen molar-refractivity contribution in [3.8, 4) is 11.4 Å². The highest BCUT2D eigenvalue weighted by molar-refractivity contribution is 6.25. The van der Waals surface area contributed by atoms with Crippen molar-refractivity contribution in [3.63, 3.8) is 0 Å². The second kappa shape index (κ2) is 17.3. The molecule has 0 amide bonds. The first-order chi connectivity index (χ1) is 39.7. The van der Waals surface area contributed by atoms with Crippen LogP contribution in [-0.2, 0) is 0 Å². The molecule has 0 saturated heterocycles. The summed E-state index contributed by atoms with van der Waals surface area (Å²) in [7, 11) is 0. The molecule has 0 aliphatic carbocycles. The number of anilines is 6. The first-order valence-electron chi connectivity index (χ1n) is 27.2. The molecule has 0 bridgehead atoms. The van der Waals surface area contributed by atoms with Gasteiger partial charge < -0.3 is 27.8 Å². The zero-order valence-corrected chi connectivity index (χ0v) is 43.2. The molecule has 6 heteroatoms. The van der Waals surface area contributed by atoms with Crippen molar-refractivity contribution in [1.82, 2.24) is 9.13 Å². The molecule has 17 aromatic rings. The van der Waals surface area contributed by atoms with E-state index in [9.17, 15) is 0 Å². The highest BCUT2D eigenvalue weighted by Gasteiger charge is 2.25. The van der Waals surface area contributed by atoms with Gasteiger partial charge in [0, 0.05) is 71.8 Å². The Bertz CT molecular complexity index is 5310. The third-order valence-corrected chi connectivity index (χ3v) is 16.4. The maximum atomic E-state index is 7.04.